The van der Waals surface area contributed by atoms with Crippen LogP contribution < -0.4 is 9.47 Å². The number of benzene rings is 4. The minimum absolute atomic E-state index is 0.305. The van der Waals surface area contributed by atoms with Crippen molar-refractivity contribution in [2.24, 2.45) is 0 Å². The van der Waals surface area contributed by atoms with Crippen molar-refractivity contribution in [1.82, 2.24) is 0 Å². The van der Waals surface area contributed by atoms with Gasteiger partial charge in [-0.15, -0.1) is 0 Å². The van der Waals surface area contributed by atoms with Crippen LogP contribution in [0.4, 0.5) is 0 Å². The molecule has 0 fully saturated rings. The molecular formula is C46H66O11Si4. The van der Waals surface area contributed by atoms with Crippen molar-refractivity contribution in [1.29, 1.82) is 0 Å². The molecule has 0 aliphatic carbocycles. The molecule has 0 aliphatic heterocycles. The Morgan fingerprint density at radius 1 is 0.443 bits per heavy atom. The Kier molecular flexibility index (Phi) is 17.8. The molecule has 0 bridgehead atoms. The highest BCUT2D eigenvalue weighted by Gasteiger charge is 2.47. The van der Waals surface area contributed by atoms with E-state index >= 15 is 0 Å². The highest BCUT2D eigenvalue weighted by Crippen LogP contribution is 2.34. The van der Waals surface area contributed by atoms with Crippen molar-refractivity contribution in [3.8, 4) is 11.5 Å². The van der Waals surface area contributed by atoms with Crippen LogP contribution in [0.15, 0.2) is 109 Å². The van der Waals surface area contributed by atoms with E-state index in [1.807, 2.05) is 60.7 Å². The zero-order chi connectivity index (χ0) is 45.0. The third kappa shape index (κ3) is 13.7. The van der Waals surface area contributed by atoms with E-state index in [2.05, 4.69) is 52.4 Å². The first kappa shape index (κ1) is 50.1. The van der Waals surface area contributed by atoms with Crippen molar-refractivity contribution in [2.75, 3.05) is 41.7 Å². The Hall–Kier alpha value is -3.59. The van der Waals surface area contributed by atoms with Crippen LogP contribution in [0.25, 0.3) is 0 Å². The Balaban J connectivity index is 1.37. The molecule has 0 aromatic heterocycles. The second-order valence-corrected chi connectivity index (χ2v) is 33.6. The number of hydrogen-bond donors (Lipinski definition) is 0. The van der Waals surface area contributed by atoms with Gasteiger partial charge in [-0.1, -0.05) is 60.7 Å². The highest BCUT2D eigenvalue weighted by atomic mass is 28.5. The summed E-state index contributed by atoms with van der Waals surface area (Å²) < 4.78 is 56.1. The lowest BCUT2D eigenvalue weighted by Crippen LogP contribution is -2.58. The molecule has 61 heavy (non-hydrogen) atoms. The summed E-state index contributed by atoms with van der Waals surface area (Å²) >= 11 is 0. The number of hydrogen-bond acceptors (Lipinski definition) is 11. The fraction of sp³-hybridized carbons (Fsp3) is 0.435. The maximum absolute atomic E-state index is 13.6. The lowest BCUT2D eigenvalue weighted by Gasteiger charge is -2.43. The van der Waals surface area contributed by atoms with Gasteiger partial charge in [-0.05, 0) is 126 Å². The summed E-state index contributed by atoms with van der Waals surface area (Å²) in [6.07, 6.45) is 1.44. The average Bonchev–Trinajstić information content (AvgIpc) is 3.22. The van der Waals surface area contributed by atoms with Gasteiger partial charge in [0.15, 0.2) is 16.6 Å². The second kappa shape index (κ2) is 21.7. The van der Waals surface area contributed by atoms with Crippen molar-refractivity contribution in [2.45, 2.75) is 88.9 Å². The topological polar surface area (TPSA) is 117 Å². The molecule has 0 radical (unpaired) electrons. The van der Waals surface area contributed by atoms with Crippen LogP contribution in [0.5, 0.6) is 11.5 Å². The maximum atomic E-state index is 13.6. The monoisotopic (exact) mass is 906 g/mol. The van der Waals surface area contributed by atoms with Gasteiger partial charge in [0.2, 0.25) is 11.6 Å². The molecule has 0 saturated carbocycles. The van der Waals surface area contributed by atoms with Gasteiger partial charge in [0.25, 0.3) is 11.6 Å². The molecule has 11 nitrogen and oxygen atoms in total. The third-order valence-electron chi connectivity index (χ3n) is 9.85. The van der Waals surface area contributed by atoms with E-state index in [0.29, 0.717) is 47.0 Å². The summed E-state index contributed by atoms with van der Waals surface area (Å²) in [5.41, 5.74) is 2.11. The number of methoxy groups -OCH3 is 4. The van der Waals surface area contributed by atoms with Crippen LogP contribution in [-0.2, 0) is 42.9 Å². The van der Waals surface area contributed by atoms with Gasteiger partial charge in [0, 0.05) is 50.7 Å². The summed E-state index contributed by atoms with van der Waals surface area (Å²) in [5.74, 6) is -2.41. The Bertz CT molecular complexity index is 1820. The van der Waals surface area contributed by atoms with Crippen molar-refractivity contribution in [3.05, 3.63) is 131 Å². The van der Waals surface area contributed by atoms with Gasteiger partial charge < -0.3 is 40.8 Å². The quantitative estimate of drug-likeness (QED) is 0.0259. The van der Waals surface area contributed by atoms with Crippen LogP contribution in [0, 0.1) is 0 Å². The first-order valence-electron chi connectivity index (χ1n) is 20.7. The molecule has 332 valence electrons. The third-order valence-corrected chi connectivity index (χ3v) is 24.2. The fourth-order valence-electron chi connectivity index (χ4n) is 7.54. The molecule has 0 amide bonds. The predicted octanol–water partition coefficient (Wildman–Crippen LogP) is 10.4. The van der Waals surface area contributed by atoms with Gasteiger partial charge in [0.05, 0.1) is 13.2 Å². The molecule has 2 atom stereocenters. The summed E-state index contributed by atoms with van der Waals surface area (Å²) in [5, 5.41) is 0. The number of carbonyl (C=O) groups is 2. The van der Waals surface area contributed by atoms with E-state index in [1.54, 1.807) is 48.5 Å². The number of carbonyl (C=O) groups excluding carboxylic acids is 2. The van der Waals surface area contributed by atoms with E-state index in [0.717, 1.165) is 24.9 Å². The van der Waals surface area contributed by atoms with Crippen LogP contribution in [-0.4, -0.2) is 87.0 Å². The Morgan fingerprint density at radius 2 is 0.754 bits per heavy atom. The first-order chi connectivity index (χ1) is 28.8. The molecule has 0 heterocycles. The molecule has 0 spiro atoms. The van der Waals surface area contributed by atoms with E-state index in [9.17, 15) is 9.59 Å². The van der Waals surface area contributed by atoms with Gasteiger partial charge in [-0.3, -0.25) is 9.59 Å². The largest absolute Gasteiger partial charge is 0.494 e. The second-order valence-electron chi connectivity index (χ2n) is 17.2. The molecule has 4 aromatic carbocycles. The number of ketones is 2. The Labute approximate surface area is 367 Å². The van der Waals surface area contributed by atoms with Crippen molar-refractivity contribution >= 4 is 45.3 Å². The normalized spacial score (nSPS) is 14.5. The fourth-order valence-corrected chi connectivity index (χ4v) is 25.8. The molecule has 4 rings (SSSR count). The van der Waals surface area contributed by atoms with Gasteiger partial charge >= 0.3 is 17.1 Å². The first-order valence-corrected chi connectivity index (χ1v) is 32.6. The van der Waals surface area contributed by atoms with Gasteiger partial charge in [-0.25, -0.2) is 0 Å². The lowest BCUT2D eigenvalue weighted by atomic mass is 9.96. The standard InChI is InChI=1S/C46H66O11Si4/c1-49-45(50-2,39-21-15-13-16-22-39)43(47)37-25-29-41(30-26-37)53-33-19-35-60(11,55-58(5,6)7)57-61(12,56-59(8,9)10)36-20-34-54-42-31-27-38(28-32-42)44(48)46(51-3,52-4)40-23-17-14-18-24-40/h13-18,21-32H,19-20,33-36H2,1-12H3. The zero-order valence-corrected chi connectivity index (χ0v) is 42.1. The van der Waals surface area contributed by atoms with Gasteiger partial charge in [0.1, 0.15) is 11.5 Å². The van der Waals surface area contributed by atoms with Crippen LogP contribution in [0.1, 0.15) is 44.7 Å². The summed E-state index contributed by atoms with van der Waals surface area (Å²) in [7, 11) is -3.68. The number of Topliss-reactive ketones (excluding diaryl/α,β-unsaturated/α-hetero) is 2. The number of rotatable bonds is 26. The number of ether oxygens (including phenoxy) is 6. The highest BCUT2D eigenvalue weighted by molar-refractivity contribution is 6.89. The molecule has 0 saturated heterocycles. The van der Waals surface area contributed by atoms with Crippen LogP contribution in [0.3, 0.4) is 0 Å². The molecule has 15 heteroatoms. The molecule has 0 N–H and O–H groups in total. The van der Waals surface area contributed by atoms with Crippen LogP contribution in [0.2, 0.25) is 64.5 Å². The SMILES string of the molecule is COC(OC)(C(=O)c1ccc(OCCC[Si](C)(O[Si](C)(C)C)O[Si](C)(CCCOc2ccc(C(=O)C(OC)(OC)c3ccccc3)cc2)O[Si](C)(C)C)cc1)c1ccccc1. The average molecular weight is 907 g/mol. The minimum atomic E-state index is -2.76. The molecule has 0 aliphatic rings. The van der Waals surface area contributed by atoms with E-state index in [-0.39, 0.29) is 11.6 Å². The zero-order valence-electron chi connectivity index (χ0n) is 38.1. The molecular weight excluding hydrogens is 841 g/mol. The summed E-state index contributed by atoms with van der Waals surface area (Å²) in [4.78, 5) is 27.3. The molecule has 2 unspecified atom stereocenters. The van der Waals surface area contributed by atoms with E-state index < -0.39 is 45.3 Å². The van der Waals surface area contributed by atoms with Gasteiger partial charge in [-0.2, -0.15) is 0 Å². The van der Waals surface area contributed by atoms with Crippen molar-refractivity contribution in [3.63, 3.8) is 0 Å². The summed E-state index contributed by atoms with van der Waals surface area (Å²) in [6, 6.07) is 33.9. The smallest absolute Gasteiger partial charge is 0.316 e. The maximum Gasteiger partial charge on any atom is 0.316 e. The Morgan fingerprint density at radius 3 is 1.03 bits per heavy atom. The molecule has 4 aromatic rings. The summed E-state index contributed by atoms with van der Waals surface area (Å²) in [6.45, 7) is 18.4. The van der Waals surface area contributed by atoms with Crippen molar-refractivity contribution < 1.29 is 50.4 Å². The predicted molar refractivity (Wildman–Crippen MR) is 249 cm³/mol. The minimum Gasteiger partial charge on any atom is -0.494 e. The van der Waals surface area contributed by atoms with E-state index in [4.69, 9.17) is 40.8 Å². The van der Waals surface area contributed by atoms with Crippen LogP contribution >= 0.6 is 0 Å². The van der Waals surface area contributed by atoms with E-state index in [1.165, 1.54) is 28.4 Å². The lowest BCUT2D eigenvalue weighted by molar-refractivity contribution is -0.176.